The molecule has 4 rings (SSSR count). The first kappa shape index (κ1) is 20.8. The number of halogens is 5. The lowest BCUT2D eigenvalue weighted by atomic mass is 9.99. The average molecular weight is 433 g/mol. The second-order valence-electron chi connectivity index (χ2n) is 6.99. The molecule has 160 valence electrons. The molecule has 0 saturated heterocycles. The van der Waals surface area contributed by atoms with E-state index in [-0.39, 0.29) is 17.2 Å². The molecule has 1 aliphatic rings. The van der Waals surface area contributed by atoms with Gasteiger partial charge >= 0.3 is 6.36 Å². The molecule has 0 spiro atoms. The Hall–Kier alpha value is -3.42. The molecular weight excluding hydrogens is 417 g/mol. The number of hydrogen-bond donors (Lipinski definition) is 0. The van der Waals surface area contributed by atoms with Gasteiger partial charge in [0.2, 0.25) is 5.90 Å². The molecule has 1 aliphatic heterocycles. The minimum absolute atomic E-state index is 0.0857. The molecular formula is C23H16F5NO2. The van der Waals surface area contributed by atoms with E-state index >= 15 is 0 Å². The second kappa shape index (κ2) is 8.02. The monoisotopic (exact) mass is 433 g/mol. The number of nitrogens with zero attached hydrogens (tertiary/aromatic N) is 1. The molecule has 0 bridgehead atoms. The number of ether oxygens (including phenoxy) is 2. The van der Waals surface area contributed by atoms with Crippen LogP contribution in [-0.2, 0) is 4.74 Å². The van der Waals surface area contributed by atoms with E-state index in [1.54, 1.807) is 31.2 Å². The minimum Gasteiger partial charge on any atom is -0.472 e. The Morgan fingerprint density at radius 3 is 1.94 bits per heavy atom. The van der Waals surface area contributed by atoms with Crippen molar-refractivity contribution < 1.29 is 31.4 Å². The van der Waals surface area contributed by atoms with Crippen LogP contribution in [0.25, 0.3) is 11.1 Å². The number of aliphatic imine (C=N–C) groups is 1. The molecule has 3 aromatic rings. The SMILES string of the molecule is C[C@H]1OC(c2c(F)cccc2F)=N[C@H]1c1ccc(-c2ccc(OC(F)(F)F)cc2)cc1. The highest BCUT2D eigenvalue weighted by atomic mass is 19.4. The maximum absolute atomic E-state index is 14.0. The third kappa shape index (κ3) is 4.52. The van der Waals surface area contributed by atoms with Gasteiger partial charge in [-0.05, 0) is 47.9 Å². The predicted octanol–water partition coefficient (Wildman–Crippen LogP) is 6.44. The fourth-order valence-electron chi connectivity index (χ4n) is 3.40. The molecule has 0 unspecified atom stereocenters. The summed E-state index contributed by atoms with van der Waals surface area (Å²) in [5, 5.41) is 0. The van der Waals surface area contributed by atoms with Gasteiger partial charge < -0.3 is 9.47 Å². The molecule has 3 aromatic carbocycles. The molecule has 3 nitrogen and oxygen atoms in total. The molecule has 31 heavy (non-hydrogen) atoms. The number of hydrogen-bond acceptors (Lipinski definition) is 3. The average Bonchev–Trinajstić information content (AvgIpc) is 3.08. The maximum Gasteiger partial charge on any atom is 0.573 e. The smallest absolute Gasteiger partial charge is 0.472 e. The van der Waals surface area contributed by atoms with Crippen LogP contribution in [0.3, 0.4) is 0 Å². The summed E-state index contributed by atoms with van der Waals surface area (Å²) in [6.45, 7) is 1.76. The van der Waals surface area contributed by atoms with Crippen LogP contribution in [0, 0.1) is 11.6 Å². The van der Waals surface area contributed by atoms with Crippen molar-refractivity contribution in [3.63, 3.8) is 0 Å². The highest BCUT2D eigenvalue weighted by Gasteiger charge is 2.32. The van der Waals surface area contributed by atoms with Gasteiger partial charge in [-0.25, -0.2) is 13.8 Å². The van der Waals surface area contributed by atoms with Crippen LogP contribution >= 0.6 is 0 Å². The van der Waals surface area contributed by atoms with Crippen molar-refractivity contribution in [2.75, 3.05) is 0 Å². The number of rotatable bonds is 4. The zero-order valence-corrected chi connectivity index (χ0v) is 16.2. The van der Waals surface area contributed by atoms with Crippen LogP contribution in [0.2, 0.25) is 0 Å². The molecule has 1 heterocycles. The van der Waals surface area contributed by atoms with E-state index in [9.17, 15) is 22.0 Å². The molecule has 2 atom stereocenters. The summed E-state index contributed by atoms with van der Waals surface area (Å²) in [5.41, 5.74) is 1.96. The van der Waals surface area contributed by atoms with Crippen molar-refractivity contribution in [3.8, 4) is 16.9 Å². The Balaban J connectivity index is 1.55. The first-order chi connectivity index (χ1) is 14.7. The zero-order valence-electron chi connectivity index (χ0n) is 16.2. The summed E-state index contributed by atoms with van der Waals surface area (Å²) < 4.78 is 74.4. The summed E-state index contributed by atoms with van der Waals surface area (Å²) in [6, 6.07) is 15.8. The van der Waals surface area contributed by atoms with Crippen molar-refractivity contribution >= 4 is 5.90 Å². The van der Waals surface area contributed by atoms with E-state index in [1.165, 1.54) is 30.3 Å². The Bertz CT molecular complexity index is 1090. The Kier molecular flexibility index (Phi) is 5.39. The fourth-order valence-corrected chi connectivity index (χ4v) is 3.40. The molecule has 0 aliphatic carbocycles. The summed E-state index contributed by atoms with van der Waals surface area (Å²) in [5.74, 6) is -1.88. The fraction of sp³-hybridized carbons (Fsp3) is 0.174. The van der Waals surface area contributed by atoms with Crippen molar-refractivity contribution in [1.82, 2.24) is 0 Å². The standard InChI is InChI=1S/C23H16F5NO2/c1-13-21(29-22(30-13)20-18(24)3-2-4-19(20)25)16-7-5-14(6-8-16)15-9-11-17(12-10-15)31-23(26,27)28/h2-13,21H,1H3/t13-,21-/m1/s1. The topological polar surface area (TPSA) is 30.8 Å². The van der Waals surface area contributed by atoms with Gasteiger partial charge in [-0.3, -0.25) is 0 Å². The van der Waals surface area contributed by atoms with Gasteiger partial charge in [-0.1, -0.05) is 42.5 Å². The summed E-state index contributed by atoms with van der Waals surface area (Å²) >= 11 is 0. The largest absolute Gasteiger partial charge is 0.573 e. The lowest BCUT2D eigenvalue weighted by molar-refractivity contribution is -0.274. The van der Waals surface area contributed by atoms with Gasteiger partial charge in [0.1, 0.15) is 35.1 Å². The molecule has 0 saturated carbocycles. The highest BCUT2D eigenvalue weighted by Crippen LogP contribution is 2.33. The summed E-state index contributed by atoms with van der Waals surface area (Å²) in [7, 11) is 0. The molecule has 0 amide bonds. The van der Waals surface area contributed by atoms with Crippen LogP contribution in [0.15, 0.2) is 71.7 Å². The quantitative estimate of drug-likeness (QED) is 0.444. The Morgan fingerprint density at radius 2 is 1.39 bits per heavy atom. The predicted molar refractivity (Wildman–Crippen MR) is 105 cm³/mol. The van der Waals surface area contributed by atoms with Crippen LogP contribution in [0.4, 0.5) is 22.0 Å². The zero-order chi connectivity index (χ0) is 22.2. The highest BCUT2D eigenvalue weighted by molar-refractivity contribution is 5.96. The number of benzene rings is 3. The maximum atomic E-state index is 14.0. The van der Waals surface area contributed by atoms with E-state index in [1.807, 2.05) is 0 Å². The minimum atomic E-state index is -4.74. The first-order valence-corrected chi connectivity index (χ1v) is 9.36. The van der Waals surface area contributed by atoms with Crippen molar-refractivity contribution in [3.05, 3.63) is 89.5 Å². The van der Waals surface area contributed by atoms with Gasteiger partial charge in [-0.2, -0.15) is 0 Å². The van der Waals surface area contributed by atoms with Gasteiger partial charge in [0.05, 0.1) is 0 Å². The van der Waals surface area contributed by atoms with Crippen LogP contribution in [0.1, 0.15) is 24.1 Å². The second-order valence-corrected chi connectivity index (χ2v) is 6.99. The van der Waals surface area contributed by atoms with E-state index in [2.05, 4.69) is 9.73 Å². The molecule has 0 fully saturated rings. The van der Waals surface area contributed by atoms with Gasteiger partial charge in [0.25, 0.3) is 0 Å². The van der Waals surface area contributed by atoms with Crippen LogP contribution in [0.5, 0.6) is 5.75 Å². The van der Waals surface area contributed by atoms with Gasteiger partial charge in [-0.15, -0.1) is 13.2 Å². The molecule has 0 aromatic heterocycles. The Labute approximate surface area is 174 Å². The number of alkyl halides is 3. The summed E-state index contributed by atoms with van der Waals surface area (Å²) in [6.07, 6.45) is -5.17. The van der Waals surface area contributed by atoms with Gasteiger partial charge in [0, 0.05) is 0 Å². The van der Waals surface area contributed by atoms with Crippen molar-refractivity contribution in [2.24, 2.45) is 4.99 Å². The van der Waals surface area contributed by atoms with Crippen LogP contribution < -0.4 is 4.74 Å². The molecule has 8 heteroatoms. The van der Waals surface area contributed by atoms with E-state index in [0.717, 1.165) is 23.3 Å². The van der Waals surface area contributed by atoms with E-state index < -0.39 is 30.1 Å². The summed E-state index contributed by atoms with van der Waals surface area (Å²) in [4.78, 5) is 4.37. The third-order valence-corrected chi connectivity index (χ3v) is 4.85. The van der Waals surface area contributed by atoms with Crippen molar-refractivity contribution in [1.29, 1.82) is 0 Å². The van der Waals surface area contributed by atoms with Crippen LogP contribution in [-0.4, -0.2) is 18.4 Å². The Morgan fingerprint density at radius 1 is 0.839 bits per heavy atom. The lowest BCUT2D eigenvalue weighted by Crippen LogP contribution is -2.16. The third-order valence-electron chi connectivity index (χ3n) is 4.85. The first-order valence-electron chi connectivity index (χ1n) is 9.36. The van der Waals surface area contributed by atoms with E-state index in [0.29, 0.717) is 5.56 Å². The normalized spacial score (nSPS) is 18.5. The van der Waals surface area contributed by atoms with Gasteiger partial charge in [0.15, 0.2) is 0 Å². The molecule has 0 radical (unpaired) electrons. The van der Waals surface area contributed by atoms with Crippen molar-refractivity contribution in [2.45, 2.75) is 25.4 Å². The molecule has 0 N–H and O–H groups in total. The van der Waals surface area contributed by atoms with E-state index in [4.69, 9.17) is 4.74 Å². The lowest BCUT2D eigenvalue weighted by Gasteiger charge is -2.14.